The van der Waals surface area contributed by atoms with E-state index < -0.39 is 13.9 Å². The van der Waals surface area contributed by atoms with Gasteiger partial charge in [-0.3, -0.25) is 4.79 Å². The fourth-order valence-electron chi connectivity index (χ4n) is 4.23. The summed E-state index contributed by atoms with van der Waals surface area (Å²) in [5.41, 5.74) is -1.12. The first-order chi connectivity index (χ1) is 10.6. The second kappa shape index (κ2) is 5.65. The van der Waals surface area contributed by atoms with Crippen molar-refractivity contribution in [3.05, 3.63) is 0 Å². The summed E-state index contributed by atoms with van der Waals surface area (Å²) in [4.78, 5) is 13.4. The summed E-state index contributed by atoms with van der Waals surface area (Å²) in [7, 11) is -1.97. The van der Waals surface area contributed by atoms with Gasteiger partial charge in [0.15, 0.2) is 19.7 Å². The van der Waals surface area contributed by atoms with Crippen LogP contribution in [0, 0.1) is 0 Å². The largest absolute Gasteiger partial charge is 0.407 e. The fraction of sp³-hybridized carbons (Fsp3) is 0.944. The third-order valence-electron chi connectivity index (χ3n) is 6.60. The van der Waals surface area contributed by atoms with E-state index in [0.29, 0.717) is 6.61 Å². The van der Waals surface area contributed by atoms with Gasteiger partial charge < -0.3 is 13.9 Å². The van der Waals surface area contributed by atoms with Crippen molar-refractivity contribution in [2.45, 2.75) is 94.7 Å². The van der Waals surface area contributed by atoms with Crippen LogP contribution in [0.25, 0.3) is 0 Å². The maximum atomic E-state index is 13.4. The van der Waals surface area contributed by atoms with E-state index in [4.69, 9.17) is 13.9 Å². The van der Waals surface area contributed by atoms with Gasteiger partial charge in [-0.2, -0.15) is 0 Å². The Morgan fingerprint density at radius 1 is 1.09 bits per heavy atom. The van der Waals surface area contributed by atoms with E-state index >= 15 is 0 Å². The van der Waals surface area contributed by atoms with Gasteiger partial charge in [-0.15, -0.1) is 0 Å². The van der Waals surface area contributed by atoms with Gasteiger partial charge in [0, 0.05) is 13.2 Å². The van der Waals surface area contributed by atoms with Crippen LogP contribution in [0.1, 0.15) is 59.3 Å². The highest BCUT2D eigenvalue weighted by molar-refractivity contribution is 6.74. The highest BCUT2D eigenvalue weighted by Gasteiger charge is 2.65. The van der Waals surface area contributed by atoms with Gasteiger partial charge in [-0.1, -0.05) is 20.8 Å². The number of fused-ring (bicyclic) bond motifs is 1. The molecule has 4 nitrogen and oxygen atoms in total. The maximum Gasteiger partial charge on any atom is 0.194 e. The molecule has 132 valence electrons. The molecule has 3 atom stereocenters. The first kappa shape index (κ1) is 17.6. The number of ketones is 1. The zero-order valence-electron chi connectivity index (χ0n) is 15.4. The second-order valence-corrected chi connectivity index (χ2v) is 13.8. The predicted octanol–water partition coefficient (Wildman–Crippen LogP) is 3.84. The van der Waals surface area contributed by atoms with Gasteiger partial charge in [0.2, 0.25) is 0 Å². The van der Waals surface area contributed by atoms with Gasteiger partial charge >= 0.3 is 0 Å². The molecule has 1 aliphatic carbocycles. The molecule has 3 rings (SSSR count). The number of rotatable bonds is 2. The molecule has 3 aliphatic rings. The molecule has 0 radical (unpaired) electrons. The molecular weight excluding hydrogens is 308 g/mol. The average Bonchev–Trinajstić information content (AvgIpc) is 3.10. The third kappa shape index (κ3) is 2.64. The van der Waals surface area contributed by atoms with Crippen molar-refractivity contribution in [3.63, 3.8) is 0 Å². The number of hydrogen-bond donors (Lipinski definition) is 0. The average molecular weight is 341 g/mol. The van der Waals surface area contributed by atoms with Crippen molar-refractivity contribution in [1.82, 2.24) is 0 Å². The molecule has 23 heavy (non-hydrogen) atoms. The number of carbonyl (C=O) groups is 1. The molecule has 1 saturated carbocycles. The predicted molar refractivity (Wildman–Crippen MR) is 92.1 cm³/mol. The first-order valence-electron chi connectivity index (χ1n) is 9.14. The Morgan fingerprint density at radius 3 is 2.26 bits per heavy atom. The van der Waals surface area contributed by atoms with Crippen LogP contribution in [-0.2, 0) is 18.7 Å². The minimum absolute atomic E-state index is 0.107. The van der Waals surface area contributed by atoms with Crippen LogP contribution >= 0.6 is 0 Å². The van der Waals surface area contributed by atoms with Crippen LogP contribution in [0.2, 0.25) is 18.1 Å². The van der Waals surface area contributed by atoms with Crippen LogP contribution in [-0.4, -0.2) is 44.6 Å². The molecule has 3 fully saturated rings. The van der Waals surface area contributed by atoms with E-state index in [1.807, 2.05) is 0 Å². The van der Waals surface area contributed by atoms with Crippen molar-refractivity contribution >= 4 is 14.1 Å². The minimum atomic E-state index is -1.97. The quantitative estimate of drug-likeness (QED) is 0.717. The van der Waals surface area contributed by atoms with E-state index in [1.165, 1.54) is 0 Å². The standard InChI is InChI=1S/C18H32O4Si/c1-16(2,3)23(4,5)22-14-8-11-17(9-6-12-20-17)18(15(14)19)10-7-13-21-18/h14H,6-13H2,1-5H3/t14-,17+,18-/m1/s1. The van der Waals surface area contributed by atoms with Crippen molar-refractivity contribution in [1.29, 1.82) is 0 Å². The fourth-order valence-corrected chi connectivity index (χ4v) is 5.52. The molecule has 0 aromatic heterocycles. The SMILES string of the molecule is CC(C)(C)[Si](C)(C)O[C@@H]1CC[C@@]2(CCCO2)[C@@]2(CCCO2)C1=O. The summed E-state index contributed by atoms with van der Waals surface area (Å²) in [6.07, 6.45) is 5.07. The second-order valence-electron chi connectivity index (χ2n) is 9.00. The Bertz CT molecular complexity index is 468. The molecule has 0 aromatic rings. The highest BCUT2D eigenvalue weighted by atomic mass is 28.4. The lowest BCUT2D eigenvalue weighted by molar-refractivity contribution is -0.202. The summed E-state index contributed by atoms with van der Waals surface area (Å²) in [6, 6.07) is 0. The molecule has 0 bridgehead atoms. The molecule has 0 aromatic carbocycles. The summed E-state index contributed by atoms with van der Waals surface area (Å²) in [5.74, 6) is 0.160. The number of ether oxygens (including phenoxy) is 2. The Morgan fingerprint density at radius 2 is 1.74 bits per heavy atom. The Labute approximate surface area is 141 Å². The van der Waals surface area contributed by atoms with E-state index in [2.05, 4.69) is 33.9 Å². The highest BCUT2D eigenvalue weighted by Crippen LogP contribution is 2.52. The molecule has 0 amide bonds. The maximum absolute atomic E-state index is 13.4. The zero-order valence-corrected chi connectivity index (χ0v) is 16.4. The molecule has 0 N–H and O–H groups in total. The monoisotopic (exact) mass is 340 g/mol. The van der Waals surface area contributed by atoms with Crippen molar-refractivity contribution < 1.29 is 18.7 Å². The summed E-state index contributed by atoms with van der Waals surface area (Å²) in [6.45, 7) is 12.5. The van der Waals surface area contributed by atoms with Gasteiger partial charge in [0.05, 0.1) is 0 Å². The molecular formula is C18H32O4Si. The van der Waals surface area contributed by atoms with E-state index in [0.717, 1.165) is 45.1 Å². The van der Waals surface area contributed by atoms with Gasteiger partial charge in [0.25, 0.3) is 0 Å². The van der Waals surface area contributed by atoms with Crippen LogP contribution < -0.4 is 0 Å². The van der Waals surface area contributed by atoms with Gasteiger partial charge in [0.1, 0.15) is 11.7 Å². The normalized spacial score (nSPS) is 38.8. The lowest BCUT2D eigenvalue weighted by Gasteiger charge is -2.50. The number of hydrogen-bond acceptors (Lipinski definition) is 4. The molecule has 0 unspecified atom stereocenters. The topological polar surface area (TPSA) is 44.8 Å². The summed E-state index contributed by atoms with van der Waals surface area (Å²) in [5, 5.41) is 0.107. The Balaban J connectivity index is 1.86. The molecule has 2 spiro atoms. The smallest absolute Gasteiger partial charge is 0.194 e. The van der Waals surface area contributed by atoms with E-state index in [9.17, 15) is 4.79 Å². The van der Waals surface area contributed by atoms with Gasteiger partial charge in [-0.25, -0.2) is 0 Å². The van der Waals surface area contributed by atoms with Crippen LogP contribution in [0.4, 0.5) is 0 Å². The van der Waals surface area contributed by atoms with Crippen LogP contribution in [0.3, 0.4) is 0 Å². The van der Waals surface area contributed by atoms with E-state index in [-0.39, 0.29) is 22.5 Å². The van der Waals surface area contributed by atoms with Crippen LogP contribution in [0.15, 0.2) is 0 Å². The zero-order chi connectivity index (χ0) is 16.9. The Kier molecular flexibility index (Phi) is 4.32. The van der Waals surface area contributed by atoms with E-state index in [1.54, 1.807) is 0 Å². The van der Waals surface area contributed by atoms with Crippen molar-refractivity contribution in [3.8, 4) is 0 Å². The first-order valence-corrected chi connectivity index (χ1v) is 12.0. The summed E-state index contributed by atoms with van der Waals surface area (Å²) < 4.78 is 18.8. The molecule has 2 heterocycles. The number of carbonyl (C=O) groups excluding carboxylic acids is 1. The molecule has 2 aliphatic heterocycles. The van der Waals surface area contributed by atoms with Crippen molar-refractivity contribution in [2.24, 2.45) is 0 Å². The van der Waals surface area contributed by atoms with Crippen LogP contribution in [0.5, 0.6) is 0 Å². The molecule has 5 heteroatoms. The number of Topliss-reactive ketones (excluding diaryl/α,β-unsaturated/α-hetero) is 1. The third-order valence-corrected chi connectivity index (χ3v) is 11.1. The Hall–Kier alpha value is -0.233. The summed E-state index contributed by atoms with van der Waals surface area (Å²) >= 11 is 0. The lowest BCUT2D eigenvalue weighted by atomic mass is 9.67. The van der Waals surface area contributed by atoms with Crippen molar-refractivity contribution in [2.75, 3.05) is 13.2 Å². The minimum Gasteiger partial charge on any atom is -0.407 e. The lowest BCUT2D eigenvalue weighted by Crippen LogP contribution is -2.66. The van der Waals surface area contributed by atoms with Gasteiger partial charge in [-0.05, 0) is 56.7 Å². The molecule has 2 saturated heterocycles.